The van der Waals surface area contributed by atoms with Gasteiger partial charge in [-0.1, -0.05) is 5.92 Å². The minimum Gasteiger partial charge on any atom is -0.375 e. The van der Waals surface area contributed by atoms with E-state index in [2.05, 4.69) is 18.2 Å². The Labute approximate surface area is 80.0 Å². The minimum absolute atomic E-state index is 0.505. The molecule has 13 heavy (non-hydrogen) atoms. The van der Waals surface area contributed by atoms with Crippen LogP contribution >= 0.6 is 0 Å². The predicted molar refractivity (Wildman–Crippen MR) is 52.3 cm³/mol. The second-order valence-corrected chi connectivity index (χ2v) is 4.15. The second-order valence-electron chi connectivity index (χ2n) is 4.15. The van der Waals surface area contributed by atoms with E-state index in [-0.39, 0.29) is 0 Å². The summed E-state index contributed by atoms with van der Waals surface area (Å²) < 4.78 is 5.79. The highest BCUT2D eigenvalue weighted by molar-refractivity contribution is 4.96. The Morgan fingerprint density at radius 2 is 2.46 bits per heavy atom. The first-order valence-corrected chi connectivity index (χ1v) is 5.13. The van der Waals surface area contributed by atoms with E-state index in [9.17, 15) is 0 Å². The molecule has 0 aliphatic carbocycles. The van der Waals surface area contributed by atoms with Crippen molar-refractivity contribution in [2.24, 2.45) is 5.92 Å². The summed E-state index contributed by atoms with van der Waals surface area (Å²) in [5.74, 6) is 3.30. The van der Waals surface area contributed by atoms with E-state index in [1.807, 2.05) is 0 Å². The van der Waals surface area contributed by atoms with Gasteiger partial charge in [0.15, 0.2) is 0 Å². The van der Waals surface area contributed by atoms with Crippen molar-refractivity contribution in [3.63, 3.8) is 0 Å². The highest BCUT2D eigenvalue weighted by Crippen LogP contribution is 2.40. The third-order valence-electron chi connectivity index (χ3n) is 3.32. The maximum absolute atomic E-state index is 5.79. The van der Waals surface area contributed by atoms with Gasteiger partial charge in [0.25, 0.3) is 0 Å². The standard InChI is InChI=1S/C11H17NO/c1-3-6-12-8(2)10-7-9-4-5-11(10)13-9/h1,8-12H,4-7H2,2H3. The van der Waals surface area contributed by atoms with Gasteiger partial charge in [0.1, 0.15) is 0 Å². The van der Waals surface area contributed by atoms with Crippen molar-refractivity contribution >= 4 is 0 Å². The molecule has 2 fully saturated rings. The summed E-state index contributed by atoms with van der Waals surface area (Å²) in [7, 11) is 0. The molecule has 0 aromatic carbocycles. The average Bonchev–Trinajstić information content (AvgIpc) is 2.74. The van der Waals surface area contributed by atoms with Crippen LogP contribution in [0.25, 0.3) is 0 Å². The van der Waals surface area contributed by atoms with Gasteiger partial charge in [-0.05, 0) is 26.2 Å². The van der Waals surface area contributed by atoms with Crippen LogP contribution in [-0.2, 0) is 4.74 Å². The molecule has 4 unspecified atom stereocenters. The van der Waals surface area contributed by atoms with Gasteiger partial charge in [0.05, 0.1) is 18.8 Å². The first kappa shape index (κ1) is 9.05. The number of hydrogen-bond acceptors (Lipinski definition) is 2. The lowest BCUT2D eigenvalue weighted by Crippen LogP contribution is -2.38. The molecule has 2 aliphatic rings. The number of rotatable bonds is 3. The molecule has 0 amide bonds. The number of fused-ring (bicyclic) bond motifs is 2. The van der Waals surface area contributed by atoms with E-state index in [0.717, 1.165) is 0 Å². The zero-order valence-corrected chi connectivity index (χ0v) is 8.12. The van der Waals surface area contributed by atoms with Crippen molar-refractivity contribution in [3.8, 4) is 12.3 Å². The SMILES string of the molecule is C#CCNC(C)C1CC2CCC1O2. The van der Waals surface area contributed by atoms with Crippen molar-refractivity contribution in [1.29, 1.82) is 0 Å². The molecule has 2 rings (SSSR count). The molecule has 0 saturated carbocycles. The van der Waals surface area contributed by atoms with Crippen molar-refractivity contribution in [3.05, 3.63) is 0 Å². The Kier molecular flexibility index (Phi) is 2.57. The average molecular weight is 179 g/mol. The van der Waals surface area contributed by atoms with E-state index in [1.54, 1.807) is 0 Å². The molecule has 0 aromatic heterocycles. The van der Waals surface area contributed by atoms with Gasteiger partial charge >= 0.3 is 0 Å². The van der Waals surface area contributed by atoms with Gasteiger partial charge in [-0.25, -0.2) is 0 Å². The summed E-state index contributed by atoms with van der Waals surface area (Å²) in [6, 6.07) is 0.506. The van der Waals surface area contributed by atoms with Gasteiger partial charge in [-0.2, -0.15) is 0 Å². The largest absolute Gasteiger partial charge is 0.375 e. The Balaban J connectivity index is 1.84. The van der Waals surface area contributed by atoms with Gasteiger partial charge in [-0.3, -0.25) is 0 Å². The fourth-order valence-electron chi connectivity index (χ4n) is 2.57. The maximum Gasteiger partial charge on any atom is 0.0623 e. The van der Waals surface area contributed by atoms with Crippen molar-refractivity contribution in [2.45, 2.75) is 44.4 Å². The van der Waals surface area contributed by atoms with Crippen LogP contribution in [0, 0.1) is 18.3 Å². The van der Waals surface area contributed by atoms with Crippen LogP contribution in [0.2, 0.25) is 0 Å². The summed E-state index contributed by atoms with van der Waals surface area (Å²) in [4.78, 5) is 0. The first-order valence-electron chi connectivity index (χ1n) is 5.13. The molecule has 4 atom stereocenters. The summed E-state index contributed by atoms with van der Waals surface area (Å²) in [5.41, 5.74) is 0. The second kappa shape index (κ2) is 3.69. The Morgan fingerprint density at radius 3 is 3.00 bits per heavy atom. The summed E-state index contributed by atoms with van der Waals surface area (Å²) in [6.07, 6.45) is 10.00. The summed E-state index contributed by atoms with van der Waals surface area (Å²) in [5, 5.41) is 3.34. The Morgan fingerprint density at radius 1 is 1.62 bits per heavy atom. The molecule has 0 radical (unpaired) electrons. The van der Waals surface area contributed by atoms with Crippen molar-refractivity contribution in [2.75, 3.05) is 6.54 Å². The molecule has 2 aliphatic heterocycles. The molecule has 2 saturated heterocycles. The maximum atomic E-state index is 5.79. The van der Waals surface area contributed by atoms with Crippen LogP contribution in [0.4, 0.5) is 0 Å². The Bertz CT molecular complexity index is 221. The highest BCUT2D eigenvalue weighted by atomic mass is 16.5. The van der Waals surface area contributed by atoms with Crippen LogP contribution in [0.5, 0.6) is 0 Å². The van der Waals surface area contributed by atoms with Gasteiger partial charge < -0.3 is 10.1 Å². The molecular formula is C11H17NO. The molecule has 2 heteroatoms. The van der Waals surface area contributed by atoms with Crippen molar-refractivity contribution < 1.29 is 4.74 Å². The van der Waals surface area contributed by atoms with Gasteiger partial charge in [-0.15, -0.1) is 6.42 Å². The number of nitrogens with one attached hydrogen (secondary N) is 1. The number of terminal acetylenes is 1. The van der Waals surface area contributed by atoms with E-state index in [0.29, 0.717) is 30.7 Å². The molecule has 0 aromatic rings. The smallest absolute Gasteiger partial charge is 0.0623 e. The van der Waals surface area contributed by atoms with E-state index >= 15 is 0 Å². The first-order chi connectivity index (χ1) is 6.31. The topological polar surface area (TPSA) is 21.3 Å². The van der Waals surface area contributed by atoms with Gasteiger partial charge in [0.2, 0.25) is 0 Å². The number of ether oxygens (including phenoxy) is 1. The quantitative estimate of drug-likeness (QED) is 0.657. The predicted octanol–water partition coefficient (Wildman–Crippen LogP) is 1.17. The third-order valence-corrected chi connectivity index (χ3v) is 3.32. The zero-order valence-electron chi connectivity index (χ0n) is 8.12. The van der Waals surface area contributed by atoms with Crippen LogP contribution < -0.4 is 5.32 Å². The van der Waals surface area contributed by atoms with Crippen LogP contribution in [0.3, 0.4) is 0 Å². The summed E-state index contributed by atoms with van der Waals surface area (Å²) >= 11 is 0. The monoisotopic (exact) mass is 179 g/mol. The molecule has 0 spiro atoms. The molecule has 2 heterocycles. The lowest BCUT2D eigenvalue weighted by molar-refractivity contribution is 0.0873. The highest BCUT2D eigenvalue weighted by Gasteiger charge is 2.42. The molecule has 2 nitrogen and oxygen atoms in total. The van der Waals surface area contributed by atoms with Crippen LogP contribution in [0.15, 0.2) is 0 Å². The summed E-state index contributed by atoms with van der Waals surface area (Å²) in [6.45, 7) is 2.89. The van der Waals surface area contributed by atoms with Crippen molar-refractivity contribution in [1.82, 2.24) is 5.32 Å². The van der Waals surface area contributed by atoms with Gasteiger partial charge in [0, 0.05) is 12.0 Å². The van der Waals surface area contributed by atoms with Crippen LogP contribution in [-0.4, -0.2) is 24.8 Å². The lowest BCUT2D eigenvalue weighted by Gasteiger charge is -2.25. The van der Waals surface area contributed by atoms with E-state index in [4.69, 9.17) is 11.2 Å². The minimum atomic E-state index is 0.505. The molecule has 72 valence electrons. The third kappa shape index (κ3) is 1.72. The fourth-order valence-corrected chi connectivity index (χ4v) is 2.57. The Hall–Kier alpha value is -0.520. The normalized spacial score (nSPS) is 38.9. The number of hydrogen-bond donors (Lipinski definition) is 1. The molecule has 2 bridgehead atoms. The van der Waals surface area contributed by atoms with Crippen LogP contribution in [0.1, 0.15) is 26.2 Å². The van der Waals surface area contributed by atoms with E-state index in [1.165, 1.54) is 19.3 Å². The fraction of sp³-hybridized carbons (Fsp3) is 0.818. The molecule has 1 N–H and O–H groups in total. The van der Waals surface area contributed by atoms with E-state index < -0.39 is 0 Å². The lowest BCUT2D eigenvalue weighted by atomic mass is 9.84. The molecular weight excluding hydrogens is 162 g/mol. The zero-order chi connectivity index (χ0) is 9.26.